The number of aliphatic hydroxyl groups excluding tert-OH is 1. The van der Waals surface area contributed by atoms with Gasteiger partial charge in [0.2, 0.25) is 0 Å². The van der Waals surface area contributed by atoms with Crippen LogP contribution in [0, 0.1) is 0 Å². The van der Waals surface area contributed by atoms with Gasteiger partial charge < -0.3 is 5.11 Å². The summed E-state index contributed by atoms with van der Waals surface area (Å²) in [6, 6.07) is 1.94. The largest absolute Gasteiger partial charge is 0.417 e. The van der Waals surface area contributed by atoms with Crippen molar-refractivity contribution in [2.75, 3.05) is 11.5 Å². The summed E-state index contributed by atoms with van der Waals surface area (Å²) < 4.78 is 59.5. The third-order valence-electron chi connectivity index (χ3n) is 2.83. The second-order valence-electron chi connectivity index (χ2n) is 4.36. The van der Waals surface area contributed by atoms with Gasteiger partial charge in [0, 0.05) is 11.9 Å². The Kier molecular flexibility index (Phi) is 5.52. The van der Waals surface area contributed by atoms with E-state index in [1.54, 1.807) is 0 Å². The normalized spacial score (nSPS) is 14.2. The first-order valence-electron chi connectivity index (χ1n) is 6.07. The van der Waals surface area contributed by atoms with Crippen molar-refractivity contribution in [3.05, 3.63) is 29.6 Å². The van der Waals surface area contributed by atoms with E-state index in [1.165, 1.54) is 6.92 Å². The molecule has 20 heavy (non-hydrogen) atoms. The average Bonchev–Trinajstić information content (AvgIpc) is 2.37. The number of aliphatic hydroxyl groups is 1. The minimum absolute atomic E-state index is 0.0294. The minimum Gasteiger partial charge on any atom is -0.387 e. The van der Waals surface area contributed by atoms with Gasteiger partial charge in [0.05, 0.1) is 23.1 Å². The van der Waals surface area contributed by atoms with Gasteiger partial charge in [-0.1, -0.05) is 6.92 Å². The van der Waals surface area contributed by atoms with Crippen LogP contribution in [0.15, 0.2) is 18.3 Å². The fraction of sp³-hybridized carbons (Fsp3) is 0.583. The summed E-state index contributed by atoms with van der Waals surface area (Å²) in [5.41, 5.74) is -0.783. The minimum atomic E-state index is -4.47. The molecule has 0 saturated carbocycles. The van der Waals surface area contributed by atoms with Crippen molar-refractivity contribution in [1.82, 2.24) is 4.98 Å². The Labute approximate surface area is 115 Å². The summed E-state index contributed by atoms with van der Waals surface area (Å²) in [7, 11) is -3.10. The maximum Gasteiger partial charge on any atom is 0.417 e. The standard InChI is InChI=1S/C12H16F3NO3S/c1-2-20(18,19)7-3-4-11(17)10-6-5-9(8-16-10)12(13,14)15/h5-6,8,11,17H,2-4,7H2,1H3. The molecule has 0 radical (unpaired) electrons. The van der Waals surface area contributed by atoms with Gasteiger partial charge in [-0.2, -0.15) is 13.2 Å². The fourth-order valence-corrected chi connectivity index (χ4v) is 2.45. The van der Waals surface area contributed by atoms with Crippen LogP contribution in [0.4, 0.5) is 13.2 Å². The lowest BCUT2D eigenvalue weighted by atomic mass is 10.1. The number of hydrogen-bond donors (Lipinski definition) is 1. The third-order valence-corrected chi connectivity index (χ3v) is 4.62. The topological polar surface area (TPSA) is 67.3 Å². The van der Waals surface area contributed by atoms with E-state index < -0.39 is 27.7 Å². The highest BCUT2D eigenvalue weighted by Crippen LogP contribution is 2.29. The van der Waals surface area contributed by atoms with Gasteiger partial charge in [0.25, 0.3) is 0 Å². The molecule has 0 fully saturated rings. The predicted molar refractivity (Wildman–Crippen MR) is 67.8 cm³/mol. The molecule has 0 bridgehead atoms. The highest BCUT2D eigenvalue weighted by molar-refractivity contribution is 7.91. The van der Waals surface area contributed by atoms with Crippen molar-refractivity contribution in [2.45, 2.75) is 32.0 Å². The molecule has 0 aliphatic heterocycles. The molecule has 1 atom stereocenters. The van der Waals surface area contributed by atoms with Gasteiger partial charge in [-0.05, 0) is 25.0 Å². The van der Waals surface area contributed by atoms with Crippen LogP contribution < -0.4 is 0 Å². The van der Waals surface area contributed by atoms with Crippen molar-refractivity contribution >= 4 is 9.84 Å². The van der Waals surface area contributed by atoms with Crippen molar-refractivity contribution in [3.8, 4) is 0 Å². The predicted octanol–water partition coefficient (Wildman–Crippen LogP) is 2.35. The molecule has 8 heteroatoms. The van der Waals surface area contributed by atoms with E-state index in [9.17, 15) is 26.7 Å². The van der Waals surface area contributed by atoms with Crippen molar-refractivity contribution in [2.24, 2.45) is 0 Å². The van der Waals surface area contributed by atoms with Crippen LogP contribution in [0.2, 0.25) is 0 Å². The molecule has 0 aliphatic carbocycles. The number of hydrogen-bond acceptors (Lipinski definition) is 4. The molecule has 4 nitrogen and oxygen atoms in total. The van der Waals surface area contributed by atoms with Gasteiger partial charge >= 0.3 is 6.18 Å². The van der Waals surface area contributed by atoms with E-state index in [4.69, 9.17) is 0 Å². The average molecular weight is 311 g/mol. The van der Waals surface area contributed by atoms with Gasteiger partial charge in [-0.15, -0.1) is 0 Å². The highest BCUT2D eigenvalue weighted by atomic mass is 32.2. The summed E-state index contributed by atoms with van der Waals surface area (Å²) in [6.45, 7) is 1.53. The molecule has 1 rings (SSSR count). The first-order valence-corrected chi connectivity index (χ1v) is 7.89. The first kappa shape index (κ1) is 16.9. The molecule has 1 heterocycles. The molecule has 1 aromatic rings. The lowest BCUT2D eigenvalue weighted by Crippen LogP contribution is -2.11. The van der Waals surface area contributed by atoms with Gasteiger partial charge in [0.1, 0.15) is 9.84 Å². The number of aromatic nitrogens is 1. The Morgan fingerprint density at radius 3 is 2.45 bits per heavy atom. The van der Waals surface area contributed by atoms with Crippen LogP contribution >= 0.6 is 0 Å². The Balaban J connectivity index is 2.58. The summed E-state index contributed by atoms with van der Waals surface area (Å²) >= 11 is 0. The summed E-state index contributed by atoms with van der Waals surface area (Å²) in [5.74, 6) is -0.0250. The van der Waals surface area contributed by atoms with Gasteiger partial charge in [-0.25, -0.2) is 8.42 Å². The smallest absolute Gasteiger partial charge is 0.387 e. The Hall–Kier alpha value is -1.15. The van der Waals surface area contributed by atoms with Crippen LogP contribution in [-0.2, 0) is 16.0 Å². The van der Waals surface area contributed by atoms with Crippen LogP contribution in [0.25, 0.3) is 0 Å². The monoisotopic (exact) mass is 311 g/mol. The van der Waals surface area contributed by atoms with Crippen LogP contribution in [-0.4, -0.2) is 30.0 Å². The summed E-state index contributed by atoms with van der Waals surface area (Å²) in [5, 5.41) is 9.75. The molecule has 0 amide bonds. The van der Waals surface area contributed by atoms with E-state index in [1.807, 2.05) is 0 Å². The summed E-state index contributed by atoms with van der Waals surface area (Å²) in [6.07, 6.45) is -4.51. The van der Waals surface area contributed by atoms with Crippen LogP contribution in [0.1, 0.15) is 37.1 Å². The lowest BCUT2D eigenvalue weighted by Gasteiger charge is -2.11. The number of rotatable bonds is 6. The van der Waals surface area contributed by atoms with Crippen molar-refractivity contribution < 1.29 is 26.7 Å². The Morgan fingerprint density at radius 1 is 1.35 bits per heavy atom. The molecule has 0 saturated heterocycles. The number of halogens is 3. The van der Waals surface area contributed by atoms with Gasteiger partial charge in [-0.3, -0.25) is 4.98 Å². The Bertz CT molecular complexity index is 526. The highest BCUT2D eigenvalue weighted by Gasteiger charge is 2.30. The molecule has 0 aliphatic rings. The zero-order valence-corrected chi connectivity index (χ0v) is 11.7. The molecule has 1 unspecified atom stereocenters. The molecule has 114 valence electrons. The van der Waals surface area contributed by atoms with Gasteiger partial charge in [0.15, 0.2) is 0 Å². The van der Waals surface area contributed by atoms with Crippen molar-refractivity contribution in [1.29, 1.82) is 0 Å². The molecule has 0 aromatic carbocycles. The fourth-order valence-electron chi connectivity index (χ4n) is 1.56. The first-order chi connectivity index (χ1) is 9.15. The van der Waals surface area contributed by atoms with Crippen molar-refractivity contribution in [3.63, 3.8) is 0 Å². The SMILES string of the molecule is CCS(=O)(=O)CCCC(O)c1ccc(C(F)(F)F)cn1. The number of nitrogens with zero attached hydrogens (tertiary/aromatic N) is 1. The van der Waals surface area contributed by atoms with E-state index in [2.05, 4.69) is 4.98 Å². The van der Waals surface area contributed by atoms with Crippen LogP contribution in [0.5, 0.6) is 0 Å². The molecule has 0 spiro atoms. The third kappa shape index (κ3) is 5.09. The second kappa shape index (κ2) is 6.53. The number of alkyl halides is 3. The number of sulfone groups is 1. The number of pyridine rings is 1. The molecule has 1 aromatic heterocycles. The quantitative estimate of drug-likeness (QED) is 0.875. The summed E-state index contributed by atoms with van der Waals surface area (Å²) in [4.78, 5) is 3.56. The maximum atomic E-state index is 12.3. The van der Waals surface area contributed by atoms with E-state index in [-0.39, 0.29) is 30.0 Å². The second-order valence-corrected chi connectivity index (χ2v) is 6.84. The lowest BCUT2D eigenvalue weighted by molar-refractivity contribution is -0.137. The van der Waals surface area contributed by atoms with E-state index >= 15 is 0 Å². The molecular formula is C12H16F3NO3S. The molecular weight excluding hydrogens is 295 g/mol. The van der Waals surface area contributed by atoms with E-state index in [0.29, 0.717) is 6.20 Å². The Morgan fingerprint density at radius 2 is 2.00 bits per heavy atom. The zero-order chi connectivity index (χ0) is 15.4. The van der Waals surface area contributed by atoms with E-state index in [0.717, 1.165) is 12.1 Å². The van der Waals surface area contributed by atoms with Crippen LogP contribution in [0.3, 0.4) is 0 Å². The maximum absolute atomic E-state index is 12.3. The zero-order valence-electron chi connectivity index (χ0n) is 10.9. The molecule has 1 N–H and O–H groups in total.